The van der Waals surface area contributed by atoms with E-state index in [-0.39, 0.29) is 10.9 Å². The predicted octanol–water partition coefficient (Wildman–Crippen LogP) is 2.58. The highest BCUT2D eigenvalue weighted by Gasteiger charge is 2.17. The molecule has 1 fully saturated rings. The molecule has 134 valence electrons. The summed E-state index contributed by atoms with van der Waals surface area (Å²) in [5.41, 5.74) is 0.900. The van der Waals surface area contributed by atoms with E-state index in [9.17, 15) is 9.18 Å². The van der Waals surface area contributed by atoms with Crippen LogP contribution in [0.4, 0.5) is 4.39 Å². The Morgan fingerprint density at radius 3 is 2.58 bits per heavy atom. The molecule has 7 heteroatoms. The van der Waals surface area contributed by atoms with Crippen LogP contribution in [0.1, 0.15) is 5.82 Å². The maximum absolute atomic E-state index is 13.7. The zero-order chi connectivity index (χ0) is 18.1. The van der Waals surface area contributed by atoms with Crippen molar-refractivity contribution in [2.75, 3.05) is 26.2 Å². The van der Waals surface area contributed by atoms with Gasteiger partial charge in [0.25, 0.3) is 5.56 Å². The lowest BCUT2D eigenvalue weighted by Gasteiger charge is -2.27. The third kappa shape index (κ3) is 3.35. The van der Waals surface area contributed by atoms with E-state index >= 15 is 0 Å². The smallest absolute Gasteiger partial charge is 0.266 e. The summed E-state index contributed by atoms with van der Waals surface area (Å²) >= 11 is 5.98. The molecule has 0 amide bonds. The number of hydrogen-bond acceptors (Lipinski definition) is 4. The van der Waals surface area contributed by atoms with Gasteiger partial charge in [-0.3, -0.25) is 14.3 Å². The Labute approximate surface area is 155 Å². The highest BCUT2D eigenvalue weighted by atomic mass is 35.5. The first-order valence-electron chi connectivity index (χ1n) is 8.52. The average molecular weight is 373 g/mol. The Kier molecular flexibility index (Phi) is 4.72. The highest BCUT2D eigenvalue weighted by Crippen LogP contribution is 2.18. The molecule has 0 spiro atoms. The molecule has 1 aromatic heterocycles. The van der Waals surface area contributed by atoms with Gasteiger partial charge in [-0.25, -0.2) is 9.37 Å². The summed E-state index contributed by atoms with van der Waals surface area (Å²) < 4.78 is 15.2. The molecule has 0 bridgehead atoms. The van der Waals surface area contributed by atoms with Crippen LogP contribution in [0.2, 0.25) is 5.02 Å². The molecule has 26 heavy (non-hydrogen) atoms. The Morgan fingerprint density at radius 1 is 1.12 bits per heavy atom. The first kappa shape index (κ1) is 17.1. The largest absolute Gasteiger partial charge is 0.314 e. The van der Waals surface area contributed by atoms with E-state index in [0.717, 1.165) is 26.2 Å². The van der Waals surface area contributed by atoms with Gasteiger partial charge >= 0.3 is 0 Å². The van der Waals surface area contributed by atoms with Crippen molar-refractivity contribution in [3.63, 3.8) is 0 Å². The van der Waals surface area contributed by atoms with Gasteiger partial charge in [0.1, 0.15) is 11.6 Å². The first-order chi connectivity index (χ1) is 12.6. The van der Waals surface area contributed by atoms with Gasteiger partial charge in [0, 0.05) is 31.2 Å². The van der Waals surface area contributed by atoms with Crippen molar-refractivity contribution in [1.29, 1.82) is 0 Å². The van der Waals surface area contributed by atoms with Gasteiger partial charge in [-0.15, -0.1) is 0 Å². The highest BCUT2D eigenvalue weighted by molar-refractivity contribution is 6.30. The average Bonchev–Trinajstić information content (AvgIpc) is 2.65. The fourth-order valence-electron chi connectivity index (χ4n) is 3.24. The second-order valence-electron chi connectivity index (χ2n) is 6.33. The number of hydrogen-bond donors (Lipinski definition) is 1. The fourth-order valence-corrected chi connectivity index (χ4v) is 3.36. The lowest BCUT2D eigenvalue weighted by molar-refractivity contribution is 0.226. The van der Waals surface area contributed by atoms with Crippen LogP contribution in [0.5, 0.6) is 0 Å². The normalized spacial score (nSPS) is 15.5. The second kappa shape index (κ2) is 7.15. The van der Waals surface area contributed by atoms with Crippen molar-refractivity contribution < 1.29 is 4.39 Å². The summed E-state index contributed by atoms with van der Waals surface area (Å²) in [7, 11) is 0. The number of piperazine rings is 1. The topological polar surface area (TPSA) is 50.2 Å². The number of nitrogens with one attached hydrogen (secondary N) is 1. The zero-order valence-electron chi connectivity index (χ0n) is 14.1. The molecule has 3 aromatic rings. The van der Waals surface area contributed by atoms with E-state index in [1.54, 1.807) is 34.9 Å². The number of rotatable bonds is 3. The Hall–Kier alpha value is -2.28. The molecule has 2 aromatic carbocycles. The molecule has 0 atom stereocenters. The maximum atomic E-state index is 13.7. The molecule has 0 radical (unpaired) electrons. The summed E-state index contributed by atoms with van der Waals surface area (Å²) in [4.78, 5) is 20.0. The zero-order valence-corrected chi connectivity index (χ0v) is 14.8. The lowest BCUT2D eigenvalue weighted by atomic mass is 10.2. The lowest BCUT2D eigenvalue weighted by Crippen LogP contribution is -2.44. The molecule has 1 aliphatic rings. The van der Waals surface area contributed by atoms with Crippen molar-refractivity contribution in [2.45, 2.75) is 6.54 Å². The number of fused-ring (bicyclic) bond motifs is 1. The standard InChI is InChI=1S/C19H18ClFN4O/c20-13-1-4-15(5-2-13)25-18(12-24-9-7-22-8-10-24)23-17-6-3-14(21)11-16(17)19(25)26/h1-6,11,22H,7-10,12H2. The summed E-state index contributed by atoms with van der Waals surface area (Å²) in [6.07, 6.45) is 0. The molecule has 4 rings (SSSR count). The summed E-state index contributed by atoms with van der Waals surface area (Å²) in [6.45, 7) is 4.14. The van der Waals surface area contributed by atoms with E-state index in [0.29, 0.717) is 28.6 Å². The molecule has 0 aliphatic carbocycles. The van der Waals surface area contributed by atoms with Gasteiger partial charge in [0.2, 0.25) is 0 Å². The molecule has 2 heterocycles. The van der Waals surface area contributed by atoms with Crippen LogP contribution in [0.25, 0.3) is 16.6 Å². The van der Waals surface area contributed by atoms with Gasteiger partial charge in [-0.1, -0.05) is 11.6 Å². The minimum absolute atomic E-state index is 0.268. The summed E-state index contributed by atoms with van der Waals surface area (Å²) in [5, 5.41) is 4.17. The van der Waals surface area contributed by atoms with Crippen molar-refractivity contribution in [3.8, 4) is 5.69 Å². The first-order valence-corrected chi connectivity index (χ1v) is 8.90. The van der Waals surface area contributed by atoms with E-state index in [2.05, 4.69) is 15.2 Å². The van der Waals surface area contributed by atoms with Crippen LogP contribution in [0.3, 0.4) is 0 Å². The van der Waals surface area contributed by atoms with Gasteiger partial charge in [0.15, 0.2) is 0 Å². The van der Waals surface area contributed by atoms with Crippen LogP contribution in [0.15, 0.2) is 47.3 Å². The molecular formula is C19H18ClFN4O. The van der Waals surface area contributed by atoms with Crippen molar-refractivity contribution in [2.24, 2.45) is 0 Å². The Balaban J connectivity index is 1.89. The number of nitrogens with zero attached hydrogens (tertiary/aromatic N) is 3. The number of benzene rings is 2. The van der Waals surface area contributed by atoms with Crippen LogP contribution < -0.4 is 10.9 Å². The maximum Gasteiger partial charge on any atom is 0.266 e. The minimum Gasteiger partial charge on any atom is -0.314 e. The number of halogens is 2. The minimum atomic E-state index is -0.450. The third-order valence-electron chi connectivity index (χ3n) is 4.56. The summed E-state index contributed by atoms with van der Waals surface area (Å²) in [5.74, 6) is 0.187. The monoisotopic (exact) mass is 372 g/mol. The fraction of sp³-hybridized carbons (Fsp3) is 0.263. The van der Waals surface area contributed by atoms with E-state index in [1.165, 1.54) is 12.1 Å². The van der Waals surface area contributed by atoms with Crippen LogP contribution in [0, 0.1) is 5.82 Å². The Bertz CT molecular complexity index is 997. The molecule has 0 saturated carbocycles. The SMILES string of the molecule is O=c1c2cc(F)ccc2nc(CN2CCNCC2)n1-c1ccc(Cl)cc1. The van der Waals surface area contributed by atoms with Gasteiger partial charge < -0.3 is 5.32 Å². The van der Waals surface area contributed by atoms with E-state index < -0.39 is 5.82 Å². The molecule has 0 unspecified atom stereocenters. The predicted molar refractivity (Wildman–Crippen MR) is 100 cm³/mol. The third-order valence-corrected chi connectivity index (χ3v) is 4.81. The van der Waals surface area contributed by atoms with Crippen molar-refractivity contribution in [1.82, 2.24) is 19.8 Å². The molecule has 1 saturated heterocycles. The molecule has 5 nitrogen and oxygen atoms in total. The van der Waals surface area contributed by atoms with E-state index in [1.807, 2.05) is 0 Å². The Morgan fingerprint density at radius 2 is 1.85 bits per heavy atom. The summed E-state index contributed by atoms with van der Waals surface area (Å²) in [6, 6.07) is 11.1. The van der Waals surface area contributed by atoms with Gasteiger partial charge in [0.05, 0.1) is 23.1 Å². The molecule has 1 aliphatic heterocycles. The molecule has 1 N–H and O–H groups in total. The van der Waals surface area contributed by atoms with Crippen LogP contribution >= 0.6 is 11.6 Å². The van der Waals surface area contributed by atoms with Gasteiger partial charge in [-0.2, -0.15) is 0 Å². The van der Waals surface area contributed by atoms with Crippen molar-refractivity contribution >= 4 is 22.5 Å². The van der Waals surface area contributed by atoms with E-state index in [4.69, 9.17) is 11.6 Å². The molecular weight excluding hydrogens is 355 g/mol. The van der Waals surface area contributed by atoms with Crippen LogP contribution in [-0.4, -0.2) is 40.6 Å². The quantitative estimate of drug-likeness (QED) is 0.767. The van der Waals surface area contributed by atoms with Crippen molar-refractivity contribution in [3.05, 3.63) is 69.5 Å². The number of aromatic nitrogens is 2. The van der Waals surface area contributed by atoms with Gasteiger partial charge in [-0.05, 0) is 42.5 Å². The second-order valence-corrected chi connectivity index (χ2v) is 6.77. The van der Waals surface area contributed by atoms with Crippen LogP contribution in [-0.2, 0) is 6.54 Å².